The fraction of sp³-hybridized carbons (Fsp3) is 0.143. The van der Waals surface area contributed by atoms with E-state index in [0.717, 1.165) is 17.7 Å². The fourth-order valence-electron chi connectivity index (χ4n) is 2.93. The molecule has 0 aliphatic heterocycles. The molecule has 0 spiro atoms. The number of carbonyl (C=O) groups excluding carboxylic acids is 1. The Morgan fingerprint density at radius 1 is 1.16 bits per heavy atom. The summed E-state index contributed by atoms with van der Waals surface area (Å²) in [5.41, 5.74) is 1.71. The SMILES string of the molecule is Cc1oc(-c2ccc(Cl)cc2)nc1Cn1nnc(C(=O)Nc2ccc(F)cc2F)c1C. The molecule has 4 rings (SSSR count). The van der Waals surface area contributed by atoms with Crippen molar-refractivity contribution in [1.29, 1.82) is 0 Å². The van der Waals surface area contributed by atoms with Crippen LogP contribution in [0.25, 0.3) is 11.5 Å². The lowest BCUT2D eigenvalue weighted by atomic mass is 10.2. The molecule has 0 radical (unpaired) electrons. The van der Waals surface area contributed by atoms with Gasteiger partial charge in [0.05, 0.1) is 17.9 Å². The van der Waals surface area contributed by atoms with E-state index in [1.54, 1.807) is 38.1 Å². The zero-order valence-electron chi connectivity index (χ0n) is 16.5. The van der Waals surface area contributed by atoms with Gasteiger partial charge in [0, 0.05) is 16.7 Å². The average Bonchev–Trinajstić information content (AvgIpc) is 3.28. The van der Waals surface area contributed by atoms with Gasteiger partial charge in [-0.25, -0.2) is 18.4 Å². The largest absolute Gasteiger partial charge is 0.441 e. The Hall–Kier alpha value is -3.59. The van der Waals surface area contributed by atoms with Crippen molar-refractivity contribution in [3.63, 3.8) is 0 Å². The second kappa shape index (κ2) is 8.27. The van der Waals surface area contributed by atoms with E-state index in [1.165, 1.54) is 4.68 Å². The summed E-state index contributed by atoms with van der Waals surface area (Å²) in [4.78, 5) is 17.0. The Kier molecular flexibility index (Phi) is 5.51. The maximum absolute atomic E-state index is 13.8. The van der Waals surface area contributed by atoms with E-state index in [1.807, 2.05) is 0 Å². The number of rotatable bonds is 5. The molecule has 0 bridgehead atoms. The average molecular weight is 444 g/mol. The van der Waals surface area contributed by atoms with Gasteiger partial charge in [0.15, 0.2) is 5.69 Å². The predicted molar refractivity (Wildman–Crippen MR) is 110 cm³/mol. The molecule has 10 heteroatoms. The number of anilines is 1. The second-order valence-electron chi connectivity index (χ2n) is 6.79. The van der Waals surface area contributed by atoms with Gasteiger partial charge in [-0.2, -0.15) is 0 Å². The van der Waals surface area contributed by atoms with Crippen LogP contribution < -0.4 is 5.32 Å². The normalized spacial score (nSPS) is 11.0. The molecule has 0 atom stereocenters. The molecular formula is C21H16ClF2N5O2. The molecule has 2 aromatic heterocycles. The summed E-state index contributed by atoms with van der Waals surface area (Å²) in [7, 11) is 0. The molecule has 2 aromatic carbocycles. The smallest absolute Gasteiger partial charge is 0.278 e. The Balaban J connectivity index is 1.53. The number of aromatic nitrogens is 4. The van der Waals surface area contributed by atoms with Gasteiger partial charge in [0.2, 0.25) is 5.89 Å². The standard InChI is InChI=1S/C21H16ClF2N5O2/c1-11-19(20(30)25-17-8-7-15(23)9-16(17)24)27-28-29(11)10-18-12(2)31-21(26-18)13-3-5-14(22)6-4-13/h3-9H,10H2,1-2H3,(H,25,30). The van der Waals surface area contributed by atoms with Crippen LogP contribution in [0.4, 0.5) is 14.5 Å². The van der Waals surface area contributed by atoms with Crippen LogP contribution in [0.15, 0.2) is 46.9 Å². The summed E-state index contributed by atoms with van der Waals surface area (Å²) in [6.07, 6.45) is 0. The van der Waals surface area contributed by atoms with Crippen LogP contribution in [0.2, 0.25) is 5.02 Å². The summed E-state index contributed by atoms with van der Waals surface area (Å²) < 4.78 is 34.1. The quantitative estimate of drug-likeness (QED) is 0.479. The van der Waals surface area contributed by atoms with Crippen molar-refractivity contribution in [3.8, 4) is 11.5 Å². The van der Waals surface area contributed by atoms with Crippen molar-refractivity contribution in [1.82, 2.24) is 20.0 Å². The first-order valence-electron chi connectivity index (χ1n) is 9.20. The van der Waals surface area contributed by atoms with Crippen LogP contribution in [-0.2, 0) is 6.54 Å². The van der Waals surface area contributed by atoms with Crippen LogP contribution in [-0.4, -0.2) is 25.9 Å². The van der Waals surface area contributed by atoms with E-state index in [0.29, 0.717) is 34.1 Å². The van der Waals surface area contributed by atoms with Gasteiger partial charge in [0.25, 0.3) is 5.91 Å². The lowest BCUT2D eigenvalue weighted by molar-refractivity contribution is 0.102. The van der Waals surface area contributed by atoms with Gasteiger partial charge in [-0.05, 0) is 50.2 Å². The van der Waals surface area contributed by atoms with E-state index in [2.05, 4.69) is 20.6 Å². The minimum atomic E-state index is -0.883. The van der Waals surface area contributed by atoms with Crippen molar-refractivity contribution in [2.75, 3.05) is 5.32 Å². The molecule has 0 fully saturated rings. The molecule has 2 heterocycles. The monoisotopic (exact) mass is 443 g/mol. The van der Waals surface area contributed by atoms with E-state index >= 15 is 0 Å². The summed E-state index contributed by atoms with van der Waals surface area (Å²) in [5.74, 6) is -1.25. The minimum Gasteiger partial charge on any atom is -0.441 e. The van der Waals surface area contributed by atoms with Gasteiger partial charge in [-0.1, -0.05) is 16.8 Å². The van der Waals surface area contributed by atoms with Gasteiger partial charge in [-0.3, -0.25) is 4.79 Å². The zero-order valence-corrected chi connectivity index (χ0v) is 17.2. The third kappa shape index (κ3) is 4.31. The molecule has 0 saturated carbocycles. The van der Waals surface area contributed by atoms with E-state index < -0.39 is 17.5 Å². The molecule has 0 aliphatic rings. The third-order valence-electron chi connectivity index (χ3n) is 4.66. The summed E-state index contributed by atoms with van der Waals surface area (Å²) in [6, 6.07) is 9.96. The predicted octanol–water partition coefficient (Wildman–Crippen LogP) is 4.78. The number of nitrogens with zero attached hydrogens (tertiary/aromatic N) is 4. The molecule has 7 nitrogen and oxygen atoms in total. The van der Waals surface area contributed by atoms with Crippen molar-refractivity contribution >= 4 is 23.2 Å². The molecule has 0 aliphatic carbocycles. The van der Waals surface area contributed by atoms with E-state index in [4.69, 9.17) is 16.0 Å². The highest BCUT2D eigenvalue weighted by atomic mass is 35.5. The molecular weight excluding hydrogens is 428 g/mol. The lowest BCUT2D eigenvalue weighted by Gasteiger charge is -2.05. The number of benzene rings is 2. The molecule has 4 aromatic rings. The van der Waals surface area contributed by atoms with Gasteiger partial charge in [-0.15, -0.1) is 5.10 Å². The van der Waals surface area contributed by atoms with Crippen molar-refractivity contribution in [2.45, 2.75) is 20.4 Å². The molecule has 158 valence electrons. The van der Waals surface area contributed by atoms with Crippen LogP contribution >= 0.6 is 11.6 Å². The Labute approximate surface area is 180 Å². The number of amides is 1. The maximum Gasteiger partial charge on any atom is 0.278 e. The number of hydrogen-bond acceptors (Lipinski definition) is 5. The number of aryl methyl sites for hydroxylation is 1. The van der Waals surface area contributed by atoms with E-state index in [9.17, 15) is 13.6 Å². The maximum atomic E-state index is 13.8. The molecule has 1 amide bonds. The highest BCUT2D eigenvalue weighted by molar-refractivity contribution is 6.30. The molecule has 0 saturated heterocycles. The molecule has 31 heavy (non-hydrogen) atoms. The summed E-state index contributed by atoms with van der Waals surface area (Å²) in [6.45, 7) is 3.66. The number of oxazole rings is 1. The van der Waals surface area contributed by atoms with Gasteiger partial charge >= 0.3 is 0 Å². The molecule has 1 N–H and O–H groups in total. The zero-order chi connectivity index (χ0) is 22.1. The van der Waals surface area contributed by atoms with Gasteiger partial charge in [0.1, 0.15) is 23.1 Å². The van der Waals surface area contributed by atoms with Crippen molar-refractivity contribution < 1.29 is 18.0 Å². The second-order valence-corrected chi connectivity index (χ2v) is 7.22. The highest BCUT2D eigenvalue weighted by Crippen LogP contribution is 2.24. The fourth-order valence-corrected chi connectivity index (χ4v) is 3.05. The van der Waals surface area contributed by atoms with Crippen LogP contribution in [0.5, 0.6) is 0 Å². The Bertz CT molecular complexity index is 1270. The van der Waals surface area contributed by atoms with E-state index in [-0.39, 0.29) is 17.9 Å². The van der Waals surface area contributed by atoms with Crippen LogP contribution in [0.1, 0.15) is 27.6 Å². The topological polar surface area (TPSA) is 85.8 Å². The Morgan fingerprint density at radius 2 is 1.90 bits per heavy atom. The van der Waals surface area contributed by atoms with Crippen molar-refractivity contribution in [2.24, 2.45) is 0 Å². The minimum absolute atomic E-state index is 0.0165. The summed E-state index contributed by atoms with van der Waals surface area (Å²) in [5, 5.41) is 10.9. The Morgan fingerprint density at radius 3 is 2.61 bits per heavy atom. The first-order chi connectivity index (χ1) is 14.8. The third-order valence-corrected chi connectivity index (χ3v) is 4.91. The van der Waals surface area contributed by atoms with Gasteiger partial charge < -0.3 is 9.73 Å². The molecule has 0 unspecified atom stereocenters. The first kappa shape index (κ1) is 20.7. The highest BCUT2D eigenvalue weighted by Gasteiger charge is 2.20. The summed E-state index contributed by atoms with van der Waals surface area (Å²) >= 11 is 5.92. The van der Waals surface area contributed by atoms with Crippen LogP contribution in [0.3, 0.4) is 0 Å². The number of carbonyl (C=O) groups is 1. The first-order valence-corrected chi connectivity index (χ1v) is 9.58. The lowest BCUT2D eigenvalue weighted by Crippen LogP contribution is -2.15. The number of nitrogens with one attached hydrogen (secondary N) is 1. The number of halogens is 3. The van der Waals surface area contributed by atoms with Crippen molar-refractivity contribution in [3.05, 3.63) is 82.0 Å². The van der Waals surface area contributed by atoms with Crippen LogP contribution in [0, 0.1) is 25.5 Å². The number of hydrogen-bond donors (Lipinski definition) is 1.